The summed E-state index contributed by atoms with van der Waals surface area (Å²) in [5.74, 6) is -0.568. The summed E-state index contributed by atoms with van der Waals surface area (Å²) in [4.78, 5) is 17.6. The maximum Gasteiger partial charge on any atom is 0.416 e. The molecule has 39 heavy (non-hydrogen) atoms. The number of carbonyl (C=O) groups is 1. The number of aryl methyl sites for hydroxylation is 2. The Morgan fingerprint density at radius 3 is 2.62 bits per heavy atom. The van der Waals surface area contributed by atoms with Crippen molar-refractivity contribution in [2.75, 3.05) is 30.0 Å². The third-order valence-corrected chi connectivity index (χ3v) is 7.26. The normalized spacial score (nSPS) is 17.5. The summed E-state index contributed by atoms with van der Waals surface area (Å²) in [7, 11) is 1.86. The van der Waals surface area contributed by atoms with Crippen LogP contribution in [0.1, 0.15) is 56.5 Å². The van der Waals surface area contributed by atoms with E-state index in [2.05, 4.69) is 31.1 Å². The number of hydrogen-bond acceptors (Lipinski definition) is 7. The van der Waals surface area contributed by atoms with E-state index in [4.69, 9.17) is 0 Å². The molecule has 12 heteroatoms. The van der Waals surface area contributed by atoms with Crippen LogP contribution in [0, 0.1) is 20.8 Å². The maximum absolute atomic E-state index is 13.9. The van der Waals surface area contributed by atoms with E-state index < -0.39 is 17.6 Å². The van der Waals surface area contributed by atoms with Gasteiger partial charge in [-0.15, -0.1) is 0 Å². The number of benzene rings is 1. The third-order valence-electron chi connectivity index (χ3n) is 7.26. The minimum atomic E-state index is -4.56. The van der Waals surface area contributed by atoms with E-state index >= 15 is 0 Å². The molecule has 4 heterocycles. The van der Waals surface area contributed by atoms with Crippen molar-refractivity contribution in [3.63, 3.8) is 0 Å². The summed E-state index contributed by atoms with van der Waals surface area (Å²) in [5, 5.41) is 20.4. The summed E-state index contributed by atoms with van der Waals surface area (Å²) < 4.78 is 43.5. The molecule has 0 aliphatic carbocycles. The average molecular weight is 539 g/mol. The van der Waals surface area contributed by atoms with E-state index in [1.807, 2.05) is 20.0 Å². The Balaban J connectivity index is 1.41. The maximum atomic E-state index is 13.9. The van der Waals surface area contributed by atoms with Gasteiger partial charge in [0.25, 0.3) is 5.91 Å². The second-order valence-corrected chi connectivity index (χ2v) is 9.77. The lowest BCUT2D eigenvalue weighted by atomic mass is 9.92. The molecule has 2 N–H and O–H groups in total. The van der Waals surface area contributed by atoms with Gasteiger partial charge in [-0.3, -0.25) is 14.5 Å². The number of pyridine rings is 1. The number of amides is 1. The van der Waals surface area contributed by atoms with Gasteiger partial charge in [0.1, 0.15) is 6.04 Å². The first kappa shape index (κ1) is 26.5. The fraction of sp³-hybridized carbons (Fsp3) is 0.370. The number of nitrogens with one attached hydrogen (secondary N) is 2. The molecular formula is C27H29F3N8O. The molecule has 0 spiro atoms. The van der Waals surface area contributed by atoms with Crippen LogP contribution in [0.2, 0.25) is 0 Å². The van der Waals surface area contributed by atoms with Crippen molar-refractivity contribution in [3.05, 3.63) is 75.9 Å². The van der Waals surface area contributed by atoms with Crippen LogP contribution >= 0.6 is 0 Å². The minimum Gasteiger partial charge on any atom is -0.322 e. The second-order valence-electron chi connectivity index (χ2n) is 9.77. The predicted octanol–water partition coefficient (Wildman–Crippen LogP) is 5.32. The van der Waals surface area contributed by atoms with Gasteiger partial charge in [-0.25, -0.2) is 5.01 Å². The highest BCUT2D eigenvalue weighted by molar-refractivity contribution is 6.05. The SMILES string of the molecule is Cc1ncc(C(=O)Nc2cc(C3=CCNCC3)c(C)c(C(F)(F)F)c2)cc1N1CC(c2cnn(C)c2C)N=N1. The van der Waals surface area contributed by atoms with Gasteiger partial charge in [-0.05, 0) is 68.6 Å². The summed E-state index contributed by atoms with van der Waals surface area (Å²) >= 11 is 0. The quantitative estimate of drug-likeness (QED) is 0.458. The molecule has 1 aromatic carbocycles. The van der Waals surface area contributed by atoms with Crippen molar-refractivity contribution < 1.29 is 18.0 Å². The minimum absolute atomic E-state index is 0.0717. The van der Waals surface area contributed by atoms with Crippen LogP contribution in [0.15, 0.2) is 47.0 Å². The molecule has 0 bridgehead atoms. The van der Waals surface area contributed by atoms with Gasteiger partial charge in [-0.2, -0.15) is 23.4 Å². The summed E-state index contributed by atoms with van der Waals surface area (Å²) in [6, 6.07) is 4.00. The summed E-state index contributed by atoms with van der Waals surface area (Å²) in [5.41, 5.74) is 4.13. The predicted molar refractivity (Wildman–Crippen MR) is 141 cm³/mol. The largest absolute Gasteiger partial charge is 0.416 e. The van der Waals surface area contributed by atoms with Crippen LogP contribution in [0.25, 0.3) is 5.57 Å². The Labute approximate surface area is 223 Å². The standard InChI is InChI=1S/C27H29F3N8O/c1-15-21(18-5-7-31-8-6-18)10-20(11-23(15)27(28,29)30)34-26(39)19-9-25(16(2)32-12-19)38-14-24(35-36-38)22-13-33-37(4)17(22)3/h5,9-13,24,31H,6-8,14H2,1-4H3,(H,34,39). The lowest BCUT2D eigenvalue weighted by Gasteiger charge is -2.21. The van der Waals surface area contributed by atoms with E-state index in [1.165, 1.54) is 13.1 Å². The molecule has 1 atom stereocenters. The lowest BCUT2D eigenvalue weighted by molar-refractivity contribution is -0.138. The van der Waals surface area contributed by atoms with Crippen LogP contribution in [-0.2, 0) is 13.2 Å². The highest BCUT2D eigenvalue weighted by atomic mass is 19.4. The zero-order chi connectivity index (χ0) is 27.9. The van der Waals surface area contributed by atoms with E-state index in [-0.39, 0.29) is 22.9 Å². The van der Waals surface area contributed by atoms with Crippen LogP contribution in [0.4, 0.5) is 24.5 Å². The van der Waals surface area contributed by atoms with Crippen molar-refractivity contribution in [1.82, 2.24) is 20.1 Å². The molecule has 5 rings (SSSR count). The molecule has 1 amide bonds. The van der Waals surface area contributed by atoms with Gasteiger partial charge in [0.15, 0.2) is 0 Å². The number of alkyl halides is 3. The van der Waals surface area contributed by atoms with Gasteiger partial charge >= 0.3 is 6.18 Å². The zero-order valence-corrected chi connectivity index (χ0v) is 22.1. The lowest BCUT2D eigenvalue weighted by Crippen LogP contribution is -2.21. The first-order valence-corrected chi connectivity index (χ1v) is 12.6. The zero-order valence-electron chi connectivity index (χ0n) is 22.1. The highest BCUT2D eigenvalue weighted by Gasteiger charge is 2.34. The Kier molecular flexibility index (Phi) is 6.98. The monoisotopic (exact) mass is 538 g/mol. The molecule has 2 aliphatic heterocycles. The van der Waals surface area contributed by atoms with Crippen molar-refractivity contribution in [2.45, 2.75) is 39.4 Å². The number of hydrogen-bond donors (Lipinski definition) is 2. The number of rotatable bonds is 5. The molecule has 204 valence electrons. The summed E-state index contributed by atoms with van der Waals surface area (Å²) in [6.45, 7) is 6.92. The molecule has 2 aliphatic rings. The van der Waals surface area contributed by atoms with Gasteiger partial charge < -0.3 is 10.6 Å². The van der Waals surface area contributed by atoms with E-state index in [9.17, 15) is 18.0 Å². The van der Waals surface area contributed by atoms with Gasteiger partial charge in [0, 0.05) is 36.7 Å². The molecular weight excluding hydrogens is 509 g/mol. The third kappa shape index (κ3) is 5.29. The first-order chi connectivity index (χ1) is 18.5. The molecule has 2 aromatic heterocycles. The van der Waals surface area contributed by atoms with Crippen molar-refractivity contribution in [3.8, 4) is 0 Å². The van der Waals surface area contributed by atoms with E-state index in [1.54, 1.807) is 34.9 Å². The van der Waals surface area contributed by atoms with Gasteiger partial charge in [0.05, 0.1) is 35.2 Å². The Morgan fingerprint density at radius 2 is 1.95 bits per heavy atom. The average Bonchev–Trinajstić information content (AvgIpc) is 3.51. The summed E-state index contributed by atoms with van der Waals surface area (Å²) in [6.07, 6.45) is 1.10. The Morgan fingerprint density at radius 1 is 1.15 bits per heavy atom. The topological polar surface area (TPSA) is 99.8 Å². The van der Waals surface area contributed by atoms with Crippen molar-refractivity contribution in [2.24, 2.45) is 17.4 Å². The number of aromatic nitrogens is 3. The number of carbonyl (C=O) groups excluding carboxylic acids is 1. The van der Waals surface area contributed by atoms with Crippen LogP contribution < -0.4 is 15.6 Å². The number of halogens is 3. The van der Waals surface area contributed by atoms with Crippen molar-refractivity contribution >= 4 is 22.9 Å². The molecule has 0 saturated carbocycles. The fourth-order valence-corrected chi connectivity index (χ4v) is 4.90. The van der Waals surface area contributed by atoms with Gasteiger partial charge in [-0.1, -0.05) is 11.3 Å². The van der Waals surface area contributed by atoms with Crippen LogP contribution in [0.3, 0.4) is 0 Å². The van der Waals surface area contributed by atoms with Gasteiger partial charge in [0.2, 0.25) is 0 Å². The van der Waals surface area contributed by atoms with Crippen LogP contribution in [-0.4, -0.2) is 40.3 Å². The number of nitrogens with zero attached hydrogens (tertiary/aromatic N) is 6. The molecule has 0 radical (unpaired) electrons. The van der Waals surface area contributed by atoms with Crippen LogP contribution in [0.5, 0.6) is 0 Å². The highest BCUT2D eigenvalue weighted by Crippen LogP contribution is 2.38. The Hall–Kier alpha value is -4.06. The molecule has 0 saturated heterocycles. The Bertz CT molecular complexity index is 1490. The first-order valence-electron chi connectivity index (χ1n) is 12.6. The smallest absolute Gasteiger partial charge is 0.322 e. The fourth-order valence-electron chi connectivity index (χ4n) is 4.90. The molecule has 9 nitrogen and oxygen atoms in total. The van der Waals surface area contributed by atoms with Crippen molar-refractivity contribution in [1.29, 1.82) is 0 Å². The van der Waals surface area contributed by atoms with E-state index in [0.29, 0.717) is 43.0 Å². The molecule has 1 unspecified atom stereocenters. The molecule has 0 fully saturated rings. The molecule has 3 aromatic rings. The van der Waals surface area contributed by atoms with E-state index in [0.717, 1.165) is 22.9 Å². The second kappa shape index (κ2) is 10.3. The number of anilines is 2.